The minimum Gasteiger partial charge on any atom is -0.353 e. The van der Waals surface area contributed by atoms with E-state index in [2.05, 4.69) is 31.3 Å². The summed E-state index contributed by atoms with van der Waals surface area (Å²) in [6.07, 6.45) is -1.18. The fourth-order valence-corrected chi connectivity index (χ4v) is 1.64. The van der Waals surface area contributed by atoms with Crippen molar-refractivity contribution in [3.8, 4) is 0 Å². The lowest BCUT2D eigenvalue weighted by Gasteiger charge is -2.19. The summed E-state index contributed by atoms with van der Waals surface area (Å²) in [4.78, 5) is 9.01. The Hall–Kier alpha value is -1.02. The number of rotatable bonds is 4. The van der Waals surface area contributed by atoms with E-state index in [0.29, 0.717) is 16.1 Å². The Morgan fingerprint density at radius 2 is 2.27 bits per heavy atom. The summed E-state index contributed by atoms with van der Waals surface area (Å²) < 4.78 is 24.7. The molecule has 15 heavy (non-hydrogen) atoms. The Balaban J connectivity index is 2.93. The summed E-state index contributed by atoms with van der Waals surface area (Å²) in [7, 11) is 1.51. The highest BCUT2D eigenvalue weighted by atomic mass is 79.9. The van der Waals surface area contributed by atoms with Crippen molar-refractivity contribution in [2.75, 3.05) is 23.9 Å². The van der Waals surface area contributed by atoms with Crippen molar-refractivity contribution >= 4 is 27.6 Å². The van der Waals surface area contributed by atoms with Crippen LogP contribution in [0.15, 0.2) is 10.8 Å². The number of nitrogens with zero attached hydrogens (tertiary/aromatic N) is 3. The van der Waals surface area contributed by atoms with Gasteiger partial charge in [0.25, 0.3) is 6.43 Å². The van der Waals surface area contributed by atoms with Gasteiger partial charge in [-0.3, -0.25) is 0 Å². The Bertz CT molecular complexity index is 335. The molecule has 0 aliphatic carbocycles. The molecular formula is C7H10BrF2N5. The molecule has 0 aromatic carbocycles. The van der Waals surface area contributed by atoms with Gasteiger partial charge in [-0.15, -0.1) is 0 Å². The van der Waals surface area contributed by atoms with Gasteiger partial charge < -0.3 is 10.3 Å². The lowest BCUT2D eigenvalue weighted by atomic mass is 10.4. The molecule has 0 aliphatic heterocycles. The molecule has 1 aromatic rings. The maximum Gasteiger partial charge on any atom is 0.255 e. The molecule has 0 spiro atoms. The predicted molar refractivity (Wildman–Crippen MR) is 56.8 cm³/mol. The van der Waals surface area contributed by atoms with Crippen LogP contribution in [-0.4, -0.2) is 30.0 Å². The zero-order valence-electron chi connectivity index (χ0n) is 7.91. The molecule has 0 radical (unpaired) electrons. The number of halogens is 3. The Kier molecular flexibility index (Phi) is 4.15. The van der Waals surface area contributed by atoms with E-state index in [1.54, 1.807) is 0 Å². The number of hydrogen-bond donors (Lipinski definition) is 2. The smallest absolute Gasteiger partial charge is 0.255 e. The van der Waals surface area contributed by atoms with E-state index in [0.717, 1.165) is 0 Å². The number of hydrazine groups is 1. The van der Waals surface area contributed by atoms with Crippen LogP contribution < -0.4 is 16.2 Å². The van der Waals surface area contributed by atoms with Crippen molar-refractivity contribution in [2.24, 2.45) is 5.84 Å². The predicted octanol–water partition coefficient (Wildman–Crippen LogP) is 1.23. The number of alkyl halides is 2. The fourth-order valence-electron chi connectivity index (χ4n) is 1.02. The largest absolute Gasteiger partial charge is 0.353 e. The van der Waals surface area contributed by atoms with Crippen LogP contribution >= 0.6 is 15.9 Å². The molecule has 0 amide bonds. The number of hydrogen-bond acceptors (Lipinski definition) is 5. The Labute approximate surface area is 93.8 Å². The van der Waals surface area contributed by atoms with E-state index in [-0.39, 0.29) is 0 Å². The highest BCUT2D eigenvalue weighted by Gasteiger charge is 2.15. The van der Waals surface area contributed by atoms with Crippen molar-refractivity contribution < 1.29 is 8.78 Å². The summed E-state index contributed by atoms with van der Waals surface area (Å²) in [6, 6.07) is 0. The lowest BCUT2D eigenvalue weighted by Crippen LogP contribution is -2.26. The second-order valence-corrected chi connectivity index (χ2v) is 3.57. The van der Waals surface area contributed by atoms with Gasteiger partial charge in [0.05, 0.1) is 6.54 Å². The van der Waals surface area contributed by atoms with Gasteiger partial charge in [0.1, 0.15) is 16.6 Å². The molecule has 8 heteroatoms. The molecule has 0 atom stereocenters. The van der Waals surface area contributed by atoms with E-state index >= 15 is 0 Å². The van der Waals surface area contributed by atoms with Crippen molar-refractivity contribution in [3.05, 3.63) is 10.8 Å². The van der Waals surface area contributed by atoms with Gasteiger partial charge in [-0.05, 0) is 15.9 Å². The van der Waals surface area contributed by atoms with Crippen LogP contribution in [0.2, 0.25) is 0 Å². The summed E-state index contributed by atoms with van der Waals surface area (Å²) in [6.45, 7) is -0.403. The van der Waals surface area contributed by atoms with E-state index in [1.165, 1.54) is 18.3 Å². The lowest BCUT2D eigenvalue weighted by molar-refractivity contribution is 0.156. The first-order valence-electron chi connectivity index (χ1n) is 4.02. The second-order valence-electron chi connectivity index (χ2n) is 2.78. The normalized spacial score (nSPS) is 10.5. The van der Waals surface area contributed by atoms with E-state index in [1.807, 2.05) is 0 Å². The molecule has 3 N–H and O–H groups in total. The summed E-state index contributed by atoms with van der Waals surface area (Å²) in [5.74, 6) is 5.89. The van der Waals surface area contributed by atoms with Crippen LogP contribution in [0.1, 0.15) is 0 Å². The minimum absolute atomic E-state index is 0.348. The summed E-state index contributed by atoms with van der Waals surface area (Å²) in [5, 5.41) is 0. The van der Waals surface area contributed by atoms with Gasteiger partial charge >= 0.3 is 0 Å². The van der Waals surface area contributed by atoms with Crippen molar-refractivity contribution in [1.29, 1.82) is 0 Å². The van der Waals surface area contributed by atoms with E-state index < -0.39 is 13.0 Å². The molecule has 5 nitrogen and oxygen atoms in total. The van der Waals surface area contributed by atoms with Gasteiger partial charge in [-0.2, -0.15) is 0 Å². The molecule has 0 bridgehead atoms. The third-order valence-electron chi connectivity index (χ3n) is 1.68. The number of nitrogens with two attached hydrogens (primary N) is 1. The maximum atomic E-state index is 12.1. The van der Waals surface area contributed by atoms with Crippen molar-refractivity contribution in [1.82, 2.24) is 9.97 Å². The number of nitrogen functional groups attached to an aromatic ring is 1. The van der Waals surface area contributed by atoms with E-state index in [9.17, 15) is 8.78 Å². The highest BCUT2D eigenvalue weighted by Crippen LogP contribution is 2.28. The zero-order valence-corrected chi connectivity index (χ0v) is 9.50. The Morgan fingerprint density at radius 3 is 2.80 bits per heavy atom. The fraction of sp³-hybridized carbons (Fsp3) is 0.429. The number of aromatic nitrogens is 2. The van der Waals surface area contributed by atoms with Crippen molar-refractivity contribution in [2.45, 2.75) is 6.43 Å². The minimum atomic E-state index is -2.42. The molecule has 0 unspecified atom stereocenters. The monoisotopic (exact) mass is 281 g/mol. The van der Waals surface area contributed by atoms with Crippen LogP contribution in [0.4, 0.5) is 20.4 Å². The van der Waals surface area contributed by atoms with Crippen LogP contribution in [-0.2, 0) is 0 Å². The quantitative estimate of drug-likeness (QED) is 0.642. The van der Waals surface area contributed by atoms with Crippen LogP contribution in [0.5, 0.6) is 0 Å². The summed E-state index contributed by atoms with van der Waals surface area (Å²) in [5.41, 5.74) is 2.33. The SMILES string of the molecule is CN(CC(F)F)c1ncnc(NN)c1Br. The molecule has 0 saturated carbocycles. The second kappa shape index (κ2) is 5.17. The van der Waals surface area contributed by atoms with Gasteiger partial charge in [-0.1, -0.05) is 0 Å². The molecular weight excluding hydrogens is 272 g/mol. The molecule has 1 heterocycles. The Morgan fingerprint density at radius 1 is 1.60 bits per heavy atom. The first kappa shape index (κ1) is 12.1. The van der Waals surface area contributed by atoms with Gasteiger partial charge in [0.15, 0.2) is 5.82 Å². The van der Waals surface area contributed by atoms with Crippen LogP contribution in [0, 0.1) is 0 Å². The van der Waals surface area contributed by atoms with Crippen LogP contribution in [0.25, 0.3) is 0 Å². The molecule has 1 aromatic heterocycles. The standard InChI is InChI=1S/C7H10BrF2N5/c1-15(2-4(9)10)7-5(8)6(14-11)12-3-13-7/h3-4H,2,11H2,1H3,(H,12,13,14). The van der Waals surface area contributed by atoms with Gasteiger partial charge in [0, 0.05) is 7.05 Å². The third-order valence-corrected chi connectivity index (χ3v) is 2.41. The van der Waals surface area contributed by atoms with Crippen molar-refractivity contribution in [3.63, 3.8) is 0 Å². The first-order chi connectivity index (χ1) is 7.06. The maximum absolute atomic E-state index is 12.1. The molecule has 0 fully saturated rings. The van der Waals surface area contributed by atoms with Gasteiger partial charge in [-0.25, -0.2) is 24.6 Å². The van der Waals surface area contributed by atoms with E-state index in [4.69, 9.17) is 5.84 Å². The zero-order chi connectivity index (χ0) is 11.4. The van der Waals surface area contributed by atoms with Gasteiger partial charge in [0.2, 0.25) is 0 Å². The molecule has 0 saturated heterocycles. The van der Waals surface area contributed by atoms with Crippen LogP contribution in [0.3, 0.4) is 0 Å². The third kappa shape index (κ3) is 2.96. The highest BCUT2D eigenvalue weighted by molar-refractivity contribution is 9.10. The average Bonchev–Trinajstić information content (AvgIpc) is 2.17. The topological polar surface area (TPSA) is 67.1 Å². The number of anilines is 2. The summed E-state index contributed by atoms with van der Waals surface area (Å²) >= 11 is 3.18. The first-order valence-corrected chi connectivity index (χ1v) is 4.82. The molecule has 0 aliphatic rings. The number of nitrogens with one attached hydrogen (secondary N) is 1. The average molecular weight is 282 g/mol. The molecule has 84 valence electrons. The molecule has 1 rings (SSSR count).